The van der Waals surface area contributed by atoms with Gasteiger partial charge in [0.2, 0.25) is 5.91 Å². The predicted molar refractivity (Wildman–Crippen MR) is 108 cm³/mol. The zero-order chi connectivity index (χ0) is 20.1. The second-order valence-electron chi connectivity index (χ2n) is 6.97. The molecule has 2 aromatic rings. The fourth-order valence-corrected chi connectivity index (χ4v) is 3.44. The molecule has 5 nitrogen and oxygen atoms in total. The molecule has 1 heterocycles. The van der Waals surface area contributed by atoms with E-state index in [9.17, 15) is 14.0 Å². The maximum atomic E-state index is 13.2. The van der Waals surface area contributed by atoms with Crippen LogP contribution in [-0.4, -0.2) is 54.2 Å². The van der Waals surface area contributed by atoms with Crippen LogP contribution in [0.5, 0.6) is 0 Å². The molecular weight excluding hydrogens is 381 g/mol. The van der Waals surface area contributed by atoms with Crippen LogP contribution in [0.1, 0.15) is 22.8 Å². The number of Topliss-reactive ketones (excluding diaryl/α,β-unsaturated/α-hetero) is 1. The summed E-state index contributed by atoms with van der Waals surface area (Å²) in [5.41, 5.74) is 2.10. The second kappa shape index (κ2) is 9.28. The van der Waals surface area contributed by atoms with Gasteiger partial charge in [0.25, 0.3) is 0 Å². The normalized spacial score (nSPS) is 15.4. The van der Waals surface area contributed by atoms with E-state index < -0.39 is 0 Å². The molecule has 0 unspecified atom stereocenters. The second-order valence-corrected chi connectivity index (χ2v) is 7.38. The number of carbonyl (C=O) groups is 2. The maximum Gasteiger partial charge on any atom is 0.238 e. The molecule has 3 rings (SSSR count). The molecule has 0 aliphatic carbocycles. The number of amides is 1. The Morgan fingerprint density at radius 1 is 1.07 bits per heavy atom. The first-order chi connectivity index (χ1) is 13.4. The minimum Gasteiger partial charge on any atom is -0.325 e. The standard InChI is InChI=1S/C21H23ClFN3O2/c1-15(27)16-3-2-4-19(11-16)24-21(28)14-26-9-7-25(8-10-26)13-17-5-6-18(23)12-20(17)22/h2-6,11-12H,7-10,13-14H2,1H3,(H,24,28). The summed E-state index contributed by atoms with van der Waals surface area (Å²) in [6, 6.07) is 11.4. The van der Waals surface area contributed by atoms with Gasteiger partial charge in [0.15, 0.2) is 5.78 Å². The average molecular weight is 404 g/mol. The molecule has 0 saturated carbocycles. The van der Waals surface area contributed by atoms with Crippen LogP contribution in [-0.2, 0) is 11.3 Å². The van der Waals surface area contributed by atoms with Crippen molar-refractivity contribution in [2.75, 3.05) is 38.0 Å². The van der Waals surface area contributed by atoms with Gasteiger partial charge in [0, 0.05) is 49.0 Å². The number of nitrogens with one attached hydrogen (secondary N) is 1. The summed E-state index contributed by atoms with van der Waals surface area (Å²) in [4.78, 5) is 28.1. The molecule has 28 heavy (non-hydrogen) atoms. The summed E-state index contributed by atoms with van der Waals surface area (Å²) in [5.74, 6) is -0.470. The Labute approximate surface area is 169 Å². The predicted octanol–water partition coefficient (Wildman–Crippen LogP) is 3.44. The van der Waals surface area contributed by atoms with E-state index >= 15 is 0 Å². The fraction of sp³-hybridized carbons (Fsp3) is 0.333. The Morgan fingerprint density at radius 2 is 1.79 bits per heavy atom. The number of ketones is 1. The maximum absolute atomic E-state index is 13.2. The molecule has 148 valence electrons. The van der Waals surface area contributed by atoms with Crippen molar-refractivity contribution in [3.05, 3.63) is 64.4 Å². The summed E-state index contributed by atoms with van der Waals surface area (Å²) in [6.07, 6.45) is 0. The Hall–Kier alpha value is -2.28. The summed E-state index contributed by atoms with van der Waals surface area (Å²) < 4.78 is 13.2. The smallest absolute Gasteiger partial charge is 0.238 e. The first kappa shape index (κ1) is 20.5. The quantitative estimate of drug-likeness (QED) is 0.751. The van der Waals surface area contributed by atoms with Crippen LogP contribution in [0.3, 0.4) is 0 Å². The number of carbonyl (C=O) groups excluding carboxylic acids is 2. The molecule has 1 N–H and O–H groups in total. The first-order valence-electron chi connectivity index (χ1n) is 9.20. The van der Waals surface area contributed by atoms with E-state index in [1.807, 2.05) is 0 Å². The molecule has 0 spiro atoms. The van der Waals surface area contributed by atoms with Crippen LogP contribution in [0.4, 0.5) is 10.1 Å². The Kier molecular flexibility index (Phi) is 6.78. The lowest BCUT2D eigenvalue weighted by Crippen LogP contribution is -2.48. The topological polar surface area (TPSA) is 52.7 Å². The van der Waals surface area contributed by atoms with E-state index in [0.29, 0.717) is 29.4 Å². The minimum atomic E-state index is -0.335. The fourth-order valence-electron chi connectivity index (χ4n) is 3.22. The molecular formula is C21H23ClFN3O2. The highest BCUT2D eigenvalue weighted by molar-refractivity contribution is 6.31. The largest absolute Gasteiger partial charge is 0.325 e. The van der Waals surface area contributed by atoms with Crippen molar-refractivity contribution in [1.29, 1.82) is 0 Å². The third kappa shape index (κ3) is 5.61. The molecule has 0 atom stereocenters. The zero-order valence-corrected chi connectivity index (χ0v) is 16.5. The van der Waals surface area contributed by atoms with Crippen LogP contribution in [0, 0.1) is 5.82 Å². The minimum absolute atomic E-state index is 0.0338. The average Bonchev–Trinajstić information content (AvgIpc) is 2.65. The van der Waals surface area contributed by atoms with Gasteiger partial charge < -0.3 is 5.32 Å². The van der Waals surface area contributed by atoms with Crippen LogP contribution in [0.15, 0.2) is 42.5 Å². The number of hydrogen-bond acceptors (Lipinski definition) is 4. The van der Waals surface area contributed by atoms with Crippen molar-refractivity contribution in [1.82, 2.24) is 9.80 Å². The number of rotatable bonds is 6. The number of hydrogen-bond donors (Lipinski definition) is 1. The van der Waals surface area contributed by atoms with Crippen LogP contribution in [0.25, 0.3) is 0 Å². The highest BCUT2D eigenvalue weighted by Gasteiger charge is 2.20. The van der Waals surface area contributed by atoms with Crippen molar-refractivity contribution in [3.63, 3.8) is 0 Å². The lowest BCUT2D eigenvalue weighted by atomic mass is 10.1. The van der Waals surface area contributed by atoms with E-state index in [-0.39, 0.29) is 17.5 Å². The molecule has 1 aliphatic rings. The highest BCUT2D eigenvalue weighted by atomic mass is 35.5. The van der Waals surface area contributed by atoms with Crippen molar-refractivity contribution < 1.29 is 14.0 Å². The molecule has 0 bridgehead atoms. The Balaban J connectivity index is 1.46. The number of nitrogens with zero attached hydrogens (tertiary/aromatic N) is 2. The number of benzene rings is 2. The van der Waals surface area contributed by atoms with Crippen LogP contribution < -0.4 is 5.32 Å². The van der Waals surface area contributed by atoms with Gasteiger partial charge in [-0.05, 0) is 36.8 Å². The van der Waals surface area contributed by atoms with Gasteiger partial charge in [0.1, 0.15) is 5.82 Å². The lowest BCUT2D eigenvalue weighted by molar-refractivity contribution is -0.117. The molecule has 2 aromatic carbocycles. The molecule has 0 radical (unpaired) electrons. The summed E-state index contributed by atoms with van der Waals surface area (Å²) in [6.45, 7) is 5.60. The van der Waals surface area contributed by atoms with E-state index in [1.54, 1.807) is 30.3 Å². The highest BCUT2D eigenvalue weighted by Crippen LogP contribution is 2.20. The zero-order valence-electron chi connectivity index (χ0n) is 15.8. The van der Waals surface area contributed by atoms with Gasteiger partial charge in [-0.25, -0.2) is 4.39 Å². The van der Waals surface area contributed by atoms with E-state index in [1.165, 1.54) is 19.1 Å². The summed E-state index contributed by atoms with van der Waals surface area (Å²) in [7, 11) is 0. The van der Waals surface area contributed by atoms with Gasteiger partial charge in [-0.2, -0.15) is 0 Å². The van der Waals surface area contributed by atoms with Gasteiger partial charge in [0.05, 0.1) is 6.54 Å². The first-order valence-corrected chi connectivity index (χ1v) is 9.58. The lowest BCUT2D eigenvalue weighted by Gasteiger charge is -2.34. The van der Waals surface area contributed by atoms with Gasteiger partial charge in [-0.3, -0.25) is 19.4 Å². The van der Waals surface area contributed by atoms with Crippen molar-refractivity contribution in [2.45, 2.75) is 13.5 Å². The SMILES string of the molecule is CC(=O)c1cccc(NC(=O)CN2CCN(Cc3ccc(F)cc3Cl)CC2)c1. The third-order valence-electron chi connectivity index (χ3n) is 4.79. The van der Waals surface area contributed by atoms with E-state index in [0.717, 1.165) is 31.7 Å². The van der Waals surface area contributed by atoms with Gasteiger partial charge >= 0.3 is 0 Å². The van der Waals surface area contributed by atoms with E-state index in [4.69, 9.17) is 11.6 Å². The van der Waals surface area contributed by atoms with Crippen molar-refractivity contribution in [2.24, 2.45) is 0 Å². The molecule has 1 amide bonds. The summed E-state index contributed by atoms with van der Waals surface area (Å²) >= 11 is 6.10. The molecule has 1 saturated heterocycles. The van der Waals surface area contributed by atoms with E-state index in [2.05, 4.69) is 15.1 Å². The molecule has 7 heteroatoms. The van der Waals surface area contributed by atoms with Crippen molar-refractivity contribution >= 4 is 29.0 Å². The van der Waals surface area contributed by atoms with Crippen LogP contribution >= 0.6 is 11.6 Å². The molecule has 0 aromatic heterocycles. The third-order valence-corrected chi connectivity index (χ3v) is 5.15. The monoisotopic (exact) mass is 403 g/mol. The summed E-state index contributed by atoms with van der Waals surface area (Å²) in [5, 5.41) is 3.29. The Bertz CT molecular complexity index is 866. The molecule has 1 aliphatic heterocycles. The Morgan fingerprint density at radius 3 is 2.46 bits per heavy atom. The van der Waals surface area contributed by atoms with Crippen LogP contribution in [0.2, 0.25) is 5.02 Å². The molecule has 1 fully saturated rings. The number of anilines is 1. The van der Waals surface area contributed by atoms with Gasteiger partial charge in [-0.1, -0.05) is 29.8 Å². The number of halogens is 2. The van der Waals surface area contributed by atoms with Crippen molar-refractivity contribution in [3.8, 4) is 0 Å². The number of piperazine rings is 1. The van der Waals surface area contributed by atoms with Gasteiger partial charge in [-0.15, -0.1) is 0 Å².